The maximum atomic E-state index is 12.6. The highest BCUT2D eigenvalue weighted by Gasteiger charge is 2.30. The molecule has 0 atom stereocenters. The normalized spacial score (nSPS) is 11.8. The summed E-state index contributed by atoms with van der Waals surface area (Å²) < 4.78 is 44.6. The molecule has 3 rings (SSSR count). The predicted molar refractivity (Wildman–Crippen MR) is 90.6 cm³/mol. The van der Waals surface area contributed by atoms with Gasteiger partial charge in [-0.3, -0.25) is 0 Å². The fraction of sp³-hybridized carbons (Fsp3) is 0.286. The molecule has 0 bridgehead atoms. The van der Waals surface area contributed by atoms with E-state index in [0.29, 0.717) is 17.2 Å². The van der Waals surface area contributed by atoms with Crippen molar-refractivity contribution < 1.29 is 17.7 Å². The third-order valence-corrected chi connectivity index (χ3v) is 5.97. The molecule has 0 aliphatic rings. The highest BCUT2D eigenvalue weighted by atomic mass is 32.2. The minimum atomic E-state index is -4.37. The molecular formula is C14H11F3N4OS3. The molecule has 0 fully saturated rings. The van der Waals surface area contributed by atoms with Crippen LogP contribution in [0.4, 0.5) is 13.2 Å². The van der Waals surface area contributed by atoms with E-state index >= 15 is 0 Å². The first-order valence-corrected chi connectivity index (χ1v) is 9.84. The SMILES string of the molecule is CCSc1nnc(SCc2nc(-c3ccc(C(F)(F)F)cc3)no2)s1. The van der Waals surface area contributed by atoms with E-state index in [-0.39, 0.29) is 5.82 Å². The standard InChI is InChI=1S/C14H11F3N4OS3/c1-2-23-12-19-20-13(25-12)24-7-10-18-11(21-22-10)8-3-5-9(6-4-8)14(15,16)17/h3-6H,2,7H2,1H3. The zero-order valence-corrected chi connectivity index (χ0v) is 15.2. The van der Waals surface area contributed by atoms with Crippen LogP contribution in [-0.2, 0) is 11.9 Å². The lowest BCUT2D eigenvalue weighted by molar-refractivity contribution is -0.137. The van der Waals surface area contributed by atoms with Crippen molar-refractivity contribution in [3.63, 3.8) is 0 Å². The number of nitrogens with zero attached hydrogens (tertiary/aromatic N) is 4. The van der Waals surface area contributed by atoms with E-state index in [2.05, 4.69) is 20.3 Å². The Balaban J connectivity index is 1.63. The average molecular weight is 404 g/mol. The number of benzene rings is 1. The predicted octanol–water partition coefficient (Wildman–Crippen LogP) is 5.01. The van der Waals surface area contributed by atoms with Crippen molar-refractivity contribution >= 4 is 34.9 Å². The Bertz CT molecular complexity index is 832. The molecule has 5 nitrogen and oxygen atoms in total. The Hall–Kier alpha value is -1.59. The van der Waals surface area contributed by atoms with Crippen LogP contribution in [0.3, 0.4) is 0 Å². The second-order valence-corrected chi connectivity index (χ2v) is 8.35. The monoisotopic (exact) mass is 404 g/mol. The van der Waals surface area contributed by atoms with E-state index in [1.54, 1.807) is 11.8 Å². The summed E-state index contributed by atoms with van der Waals surface area (Å²) >= 11 is 4.53. The van der Waals surface area contributed by atoms with Crippen molar-refractivity contribution in [3.05, 3.63) is 35.7 Å². The summed E-state index contributed by atoms with van der Waals surface area (Å²) in [6.45, 7) is 2.04. The van der Waals surface area contributed by atoms with E-state index in [0.717, 1.165) is 26.6 Å². The largest absolute Gasteiger partial charge is 0.416 e. The van der Waals surface area contributed by atoms with Crippen LogP contribution in [0, 0.1) is 0 Å². The molecule has 1 aromatic carbocycles. The number of hydrogen-bond donors (Lipinski definition) is 0. The third-order valence-electron chi connectivity index (χ3n) is 2.91. The van der Waals surface area contributed by atoms with Gasteiger partial charge in [-0.2, -0.15) is 18.2 Å². The van der Waals surface area contributed by atoms with Gasteiger partial charge in [0.2, 0.25) is 11.7 Å². The number of thioether (sulfide) groups is 2. The molecule has 25 heavy (non-hydrogen) atoms. The molecule has 0 spiro atoms. The quantitative estimate of drug-likeness (QED) is 0.535. The van der Waals surface area contributed by atoms with Gasteiger partial charge in [0.15, 0.2) is 8.68 Å². The van der Waals surface area contributed by atoms with Crippen LogP contribution in [-0.4, -0.2) is 26.1 Å². The lowest BCUT2D eigenvalue weighted by Crippen LogP contribution is -2.04. The lowest BCUT2D eigenvalue weighted by Gasteiger charge is -2.05. The fourth-order valence-corrected chi connectivity index (χ4v) is 4.55. The average Bonchev–Trinajstić information content (AvgIpc) is 3.22. The molecule has 0 N–H and O–H groups in total. The summed E-state index contributed by atoms with van der Waals surface area (Å²) in [5.74, 6) is 1.97. The summed E-state index contributed by atoms with van der Waals surface area (Å²) in [7, 11) is 0. The van der Waals surface area contributed by atoms with Gasteiger partial charge in [-0.15, -0.1) is 10.2 Å². The van der Waals surface area contributed by atoms with Gasteiger partial charge in [-0.25, -0.2) is 0 Å². The first kappa shape index (κ1) is 18.2. The van der Waals surface area contributed by atoms with Crippen LogP contribution in [0.15, 0.2) is 37.5 Å². The Kier molecular flexibility index (Phi) is 5.64. The van der Waals surface area contributed by atoms with Crippen LogP contribution in [0.1, 0.15) is 18.4 Å². The van der Waals surface area contributed by atoms with Gasteiger partial charge in [0, 0.05) is 5.56 Å². The van der Waals surface area contributed by atoms with E-state index in [1.165, 1.54) is 35.2 Å². The maximum Gasteiger partial charge on any atom is 0.416 e. The van der Waals surface area contributed by atoms with Crippen molar-refractivity contribution in [3.8, 4) is 11.4 Å². The summed E-state index contributed by atoms with van der Waals surface area (Å²) in [5, 5.41) is 11.9. The van der Waals surface area contributed by atoms with E-state index in [9.17, 15) is 13.2 Å². The van der Waals surface area contributed by atoms with Crippen LogP contribution >= 0.6 is 34.9 Å². The number of halogens is 3. The number of aromatic nitrogens is 4. The molecule has 0 unspecified atom stereocenters. The van der Waals surface area contributed by atoms with Crippen molar-refractivity contribution in [2.75, 3.05) is 5.75 Å². The molecule has 0 saturated heterocycles. The van der Waals surface area contributed by atoms with Gasteiger partial charge in [-0.1, -0.05) is 59.1 Å². The Labute approximate surface area is 153 Å². The van der Waals surface area contributed by atoms with Crippen molar-refractivity contribution in [2.24, 2.45) is 0 Å². The molecule has 2 heterocycles. The van der Waals surface area contributed by atoms with Gasteiger partial charge < -0.3 is 4.52 Å². The lowest BCUT2D eigenvalue weighted by atomic mass is 10.1. The van der Waals surface area contributed by atoms with Crippen molar-refractivity contribution in [2.45, 2.75) is 27.5 Å². The second-order valence-electron chi connectivity index (χ2n) is 4.64. The Morgan fingerprint density at radius 1 is 1.08 bits per heavy atom. The summed E-state index contributed by atoms with van der Waals surface area (Å²) in [5.41, 5.74) is -0.252. The van der Waals surface area contributed by atoms with Gasteiger partial charge >= 0.3 is 6.18 Å². The fourth-order valence-electron chi connectivity index (χ4n) is 1.80. The molecular weight excluding hydrogens is 393 g/mol. The highest BCUT2D eigenvalue weighted by Crippen LogP contribution is 2.32. The van der Waals surface area contributed by atoms with E-state index < -0.39 is 11.7 Å². The number of alkyl halides is 3. The molecule has 11 heteroatoms. The molecule has 0 aliphatic carbocycles. The second kappa shape index (κ2) is 7.75. The zero-order valence-electron chi connectivity index (χ0n) is 12.8. The smallest absolute Gasteiger partial charge is 0.338 e. The van der Waals surface area contributed by atoms with Crippen molar-refractivity contribution in [1.82, 2.24) is 20.3 Å². The Morgan fingerprint density at radius 3 is 2.40 bits per heavy atom. The van der Waals surface area contributed by atoms with Crippen LogP contribution in [0.25, 0.3) is 11.4 Å². The van der Waals surface area contributed by atoms with E-state index in [1.807, 2.05) is 6.92 Å². The zero-order chi connectivity index (χ0) is 17.9. The molecule has 0 aliphatic heterocycles. The van der Waals surface area contributed by atoms with Crippen LogP contribution in [0.2, 0.25) is 0 Å². The first-order chi connectivity index (χ1) is 12.0. The Morgan fingerprint density at radius 2 is 1.76 bits per heavy atom. The van der Waals surface area contributed by atoms with Gasteiger partial charge in [0.1, 0.15) is 0 Å². The molecule has 0 radical (unpaired) electrons. The van der Waals surface area contributed by atoms with E-state index in [4.69, 9.17) is 4.52 Å². The third kappa shape index (κ3) is 4.73. The molecule has 3 aromatic rings. The van der Waals surface area contributed by atoms with Gasteiger partial charge in [0.25, 0.3) is 0 Å². The topological polar surface area (TPSA) is 64.7 Å². The molecule has 0 amide bonds. The number of hydrogen-bond acceptors (Lipinski definition) is 8. The van der Waals surface area contributed by atoms with Gasteiger partial charge in [-0.05, 0) is 17.9 Å². The van der Waals surface area contributed by atoms with Crippen molar-refractivity contribution in [1.29, 1.82) is 0 Å². The maximum absolute atomic E-state index is 12.6. The minimum Gasteiger partial charge on any atom is -0.338 e. The molecule has 0 saturated carbocycles. The summed E-state index contributed by atoms with van der Waals surface area (Å²) in [6, 6.07) is 4.63. The molecule has 132 valence electrons. The summed E-state index contributed by atoms with van der Waals surface area (Å²) in [6.07, 6.45) is -4.37. The highest BCUT2D eigenvalue weighted by molar-refractivity contribution is 8.02. The van der Waals surface area contributed by atoms with Crippen LogP contribution in [0.5, 0.6) is 0 Å². The number of rotatable bonds is 6. The first-order valence-electron chi connectivity index (χ1n) is 7.05. The van der Waals surface area contributed by atoms with Gasteiger partial charge in [0.05, 0.1) is 11.3 Å². The van der Waals surface area contributed by atoms with Crippen LogP contribution < -0.4 is 0 Å². The molecule has 2 aromatic heterocycles. The summed E-state index contributed by atoms with van der Waals surface area (Å²) in [4.78, 5) is 4.20. The minimum absolute atomic E-state index is 0.254.